The molecule has 0 saturated heterocycles. The van der Waals surface area contributed by atoms with Crippen LogP contribution in [0.2, 0.25) is 0 Å². The van der Waals surface area contributed by atoms with Crippen molar-refractivity contribution < 1.29 is 52.4 Å². The number of nitrogens with one attached hydrogen (secondary N) is 1. The zero-order valence-electron chi connectivity index (χ0n) is 24.4. The molecule has 3 rings (SSSR count). The van der Waals surface area contributed by atoms with Gasteiger partial charge in [0.25, 0.3) is 0 Å². The number of benzene rings is 3. The Morgan fingerprint density at radius 3 is 1.67 bits per heavy atom. The summed E-state index contributed by atoms with van der Waals surface area (Å²) in [6, 6.07) is 17.9. The number of ether oxygens (including phenoxy) is 6. The molecule has 0 saturated carbocycles. The summed E-state index contributed by atoms with van der Waals surface area (Å²) in [6.07, 6.45) is 0.823. The minimum absolute atomic E-state index is 0.0418. The third kappa shape index (κ3) is 11.7. The van der Waals surface area contributed by atoms with Gasteiger partial charge in [0.2, 0.25) is 0 Å². The molecule has 0 aliphatic carbocycles. The fourth-order valence-corrected chi connectivity index (χ4v) is 3.30. The average Bonchev–Trinajstić information content (AvgIpc) is 3.04. The Morgan fingerprint density at radius 2 is 1.16 bits per heavy atom. The molecule has 0 spiro atoms. The number of carbonyl (C=O) groups is 5. The first-order valence-electron chi connectivity index (χ1n) is 13.6. The summed E-state index contributed by atoms with van der Waals surface area (Å²) in [5.74, 6) is -1.13. The number of rotatable bonds is 15. The Bertz CT molecular complexity index is 1510. The molecule has 12 heteroatoms. The Balaban J connectivity index is 1.40. The van der Waals surface area contributed by atoms with Gasteiger partial charge in [-0.05, 0) is 79.7 Å². The fraction of sp³-hybridized carbons (Fsp3) is 0.182. The molecule has 0 aliphatic rings. The van der Waals surface area contributed by atoms with E-state index < -0.39 is 30.0 Å². The minimum Gasteiger partial charge on any atom is -0.493 e. The van der Waals surface area contributed by atoms with E-state index in [2.05, 4.69) is 18.5 Å². The van der Waals surface area contributed by atoms with Crippen LogP contribution in [0.4, 0.5) is 4.79 Å². The van der Waals surface area contributed by atoms with Crippen LogP contribution in [-0.2, 0) is 19.1 Å². The van der Waals surface area contributed by atoms with Crippen LogP contribution in [0.3, 0.4) is 0 Å². The molecule has 1 amide bonds. The van der Waals surface area contributed by atoms with Crippen molar-refractivity contribution in [2.24, 2.45) is 0 Å². The molecule has 3 aromatic rings. The Labute approximate surface area is 259 Å². The van der Waals surface area contributed by atoms with Gasteiger partial charge in [0, 0.05) is 18.1 Å². The fourth-order valence-electron chi connectivity index (χ4n) is 3.30. The van der Waals surface area contributed by atoms with E-state index in [0.717, 1.165) is 6.08 Å². The van der Waals surface area contributed by atoms with E-state index in [4.69, 9.17) is 28.4 Å². The summed E-state index contributed by atoms with van der Waals surface area (Å²) >= 11 is 0. The Morgan fingerprint density at radius 1 is 0.667 bits per heavy atom. The lowest BCUT2D eigenvalue weighted by Crippen LogP contribution is -2.30. The quantitative estimate of drug-likeness (QED) is 0.108. The predicted molar refractivity (Wildman–Crippen MR) is 160 cm³/mol. The normalized spacial score (nSPS) is 10.1. The van der Waals surface area contributed by atoms with Crippen LogP contribution in [-0.4, -0.2) is 56.3 Å². The summed E-state index contributed by atoms with van der Waals surface area (Å²) in [4.78, 5) is 59.2. The van der Waals surface area contributed by atoms with Crippen molar-refractivity contribution >= 4 is 30.0 Å². The number of esters is 4. The molecule has 0 aromatic heterocycles. The maximum Gasteiger partial charge on any atom is 0.412 e. The molecule has 0 fully saturated rings. The predicted octanol–water partition coefficient (Wildman–Crippen LogP) is 4.83. The number of hydrogen-bond acceptors (Lipinski definition) is 11. The topological polar surface area (TPSA) is 153 Å². The molecule has 0 atom stereocenters. The van der Waals surface area contributed by atoms with E-state index >= 15 is 0 Å². The minimum atomic E-state index is -0.763. The van der Waals surface area contributed by atoms with Crippen LogP contribution in [0.5, 0.6) is 23.0 Å². The third-order valence-corrected chi connectivity index (χ3v) is 5.56. The third-order valence-electron chi connectivity index (χ3n) is 5.56. The number of carbonyl (C=O) groups excluding carboxylic acids is 5. The van der Waals surface area contributed by atoms with Gasteiger partial charge in [-0.3, -0.25) is 0 Å². The average molecular weight is 618 g/mol. The molecular formula is C33H31NO11. The largest absolute Gasteiger partial charge is 0.493 e. The summed E-state index contributed by atoms with van der Waals surface area (Å²) < 4.78 is 31.1. The van der Waals surface area contributed by atoms with E-state index in [1.54, 1.807) is 24.3 Å². The van der Waals surface area contributed by atoms with Crippen molar-refractivity contribution in [1.82, 2.24) is 5.32 Å². The molecular weight excluding hydrogens is 586 g/mol. The van der Waals surface area contributed by atoms with Gasteiger partial charge in [-0.1, -0.05) is 13.2 Å². The zero-order valence-corrected chi connectivity index (χ0v) is 24.4. The van der Waals surface area contributed by atoms with E-state index in [0.29, 0.717) is 24.3 Å². The zero-order chi connectivity index (χ0) is 32.6. The van der Waals surface area contributed by atoms with Gasteiger partial charge >= 0.3 is 30.0 Å². The van der Waals surface area contributed by atoms with Crippen molar-refractivity contribution in [2.45, 2.75) is 13.3 Å². The highest BCUT2D eigenvalue weighted by Crippen LogP contribution is 2.21. The van der Waals surface area contributed by atoms with Gasteiger partial charge in [-0.2, -0.15) is 0 Å². The highest BCUT2D eigenvalue weighted by molar-refractivity contribution is 5.92. The molecule has 0 heterocycles. The first-order valence-corrected chi connectivity index (χ1v) is 13.6. The van der Waals surface area contributed by atoms with Crippen molar-refractivity contribution in [3.8, 4) is 23.0 Å². The number of hydrogen-bond donors (Lipinski definition) is 1. The van der Waals surface area contributed by atoms with Crippen LogP contribution in [0, 0.1) is 0 Å². The second-order valence-corrected chi connectivity index (χ2v) is 9.11. The molecule has 1 N–H and O–H groups in total. The van der Waals surface area contributed by atoms with Crippen molar-refractivity contribution in [3.05, 3.63) is 109 Å². The monoisotopic (exact) mass is 617 g/mol. The van der Waals surface area contributed by atoms with Gasteiger partial charge in [0.1, 0.15) is 29.6 Å². The van der Waals surface area contributed by atoms with Crippen LogP contribution in [0.25, 0.3) is 0 Å². The van der Waals surface area contributed by atoms with Gasteiger partial charge < -0.3 is 33.7 Å². The second-order valence-electron chi connectivity index (χ2n) is 9.11. The molecule has 0 radical (unpaired) electrons. The second kappa shape index (κ2) is 17.3. The first kappa shape index (κ1) is 33.6. The number of amides is 1. The molecule has 0 bridgehead atoms. The molecule has 45 heavy (non-hydrogen) atoms. The molecule has 234 valence electrons. The van der Waals surface area contributed by atoms with Crippen molar-refractivity contribution in [1.29, 1.82) is 0 Å². The molecule has 12 nitrogen and oxygen atoms in total. The van der Waals surface area contributed by atoms with Gasteiger partial charge in [-0.25, -0.2) is 24.0 Å². The lowest BCUT2D eigenvalue weighted by Gasteiger charge is -2.09. The van der Waals surface area contributed by atoms with E-state index in [9.17, 15) is 24.0 Å². The van der Waals surface area contributed by atoms with Gasteiger partial charge in [0.15, 0.2) is 0 Å². The van der Waals surface area contributed by atoms with Gasteiger partial charge in [0.05, 0.1) is 30.9 Å². The Kier molecular flexibility index (Phi) is 12.9. The van der Waals surface area contributed by atoms with Crippen LogP contribution >= 0.6 is 0 Å². The maximum atomic E-state index is 12.5. The summed E-state index contributed by atoms with van der Waals surface area (Å²) in [5.41, 5.74) is 0.751. The highest BCUT2D eigenvalue weighted by atomic mass is 16.6. The Hall–Kier alpha value is -5.91. The van der Waals surface area contributed by atoms with Crippen molar-refractivity contribution in [2.75, 3.05) is 26.4 Å². The molecule has 3 aromatic carbocycles. The lowest BCUT2D eigenvalue weighted by molar-refractivity contribution is -0.139. The summed E-state index contributed by atoms with van der Waals surface area (Å²) in [7, 11) is 0. The van der Waals surface area contributed by atoms with Crippen LogP contribution < -0.4 is 24.3 Å². The SMILES string of the molecule is C=CC(=O)OCCCOc1ccc(C(=O)Oc2ccc(OC(=O)c3ccc(OC(=O)NCCOC(=O)C(=C)C)cc3)cc2)cc1. The standard InChI is InChI=1S/C33H31NO11/c1-4-29(35)41-20-5-19-40-25-10-6-23(7-11-25)31(37)43-26-14-16-27(17-15-26)44-32(38)24-8-12-28(13-9-24)45-33(39)34-18-21-42-30(36)22(2)3/h4,6-17H,1-2,5,18-21H2,3H3,(H,34,39). The van der Waals surface area contributed by atoms with E-state index in [1.807, 2.05) is 0 Å². The highest BCUT2D eigenvalue weighted by Gasteiger charge is 2.13. The summed E-state index contributed by atoms with van der Waals surface area (Å²) in [6.45, 7) is 8.82. The van der Waals surface area contributed by atoms with Crippen LogP contribution in [0.1, 0.15) is 34.1 Å². The van der Waals surface area contributed by atoms with E-state index in [1.165, 1.54) is 55.5 Å². The first-order chi connectivity index (χ1) is 21.6. The maximum absolute atomic E-state index is 12.5. The van der Waals surface area contributed by atoms with Crippen molar-refractivity contribution in [3.63, 3.8) is 0 Å². The molecule has 0 aliphatic heterocycles. The lowest BCUT2D eigenvalue weighted by atomic mass is 10.2. The summed E-state index contributed by atoms with van der Waals surface area (Å²) in [5, 5.41) is 2.43. The molecule has 0 unspecified atom stereocenters. The van der Waals surface area contributed by atoms with E-state index in [-0.39, 0.29) is 48.1 Å². The van der Waals surface area contributed by atoms with Crippen LogP contribution in [0.15, 0.2) is 97.6 Å². The smallest absolute Gasteiger partial charge is 0.412 e. The van der Waals surface area contributed by atoms with Gasteiger partial charge in [-0.15, -0.1) is 0 Å².